The summed E-state index contributed by atoms with van der Waals surface area (Å²) in [6.07, 6.45) is 1.41. The van der Waals surface area contributed by atoms with Gasteiger partial charge in [-0.1, -0.05) is 0 Å². The number of hydrogen-bond acceptors (Lipinski definition) is 4. The minimum atomic E-state index is -0.474. The van der Waals surface area contributed by atoms with Crippen molar-refractivity contribution >= 4 is 5.97 Å². The van der Waals surface area contributed by atoms with Gasteiger partial charge in [0.05, 0.1) is 18.4 Å². The Morgan fingerprint density at radius 1 is 1.28 bits per heavy atom. The zero-order valence-electron chi connectivity index (χ0n) is 9.98. The Kier molecular flexibility index (Phi) is 3.32. The average molecular weight is 246 g/mol. The molecule has 0 saturated heterocycles. The van der Waals surface area contributed by atoms with E-state index < -0.39 is 5.97 Å². The normalized spacial score (nSPS) is 10.2. The molecule has 0 spiro atoms. The fourth-order valence-electron chi connectivity index (χ4n) is 1.52. The van der Waals surface area contributed by atoms with Crippen LogP contribution in [-0.2, 0) is 4.74 Å². The molecule has 0 N–H and O–H groups in total. The summed E-state index contributed by atoms with van der Waals surface area (Å²) in [5.41, 5.74) is 1.54. The quantitative estimate of drug-likeness (QED) is 0.763. The minimum Gasteiger partial charge on any atom is -0.465 e. The summed E-state index contributed by atoms with van der Waals surface area (Å²) < 4.78 is 17.4. The number of hydrogen-bond donors (Lipinski definition) is 0. The second-order valence-corrected chi connectivity index (χ2v) is 3.69. The van der Waals surface area contributed by atoms with Gasteiger partial charge < -0.3 is 4.74 Å². The molecule has 1 aromatic heterocycles. The van der Waals surface area contributed by atoms with E-state index in [1.807, 2.05) is 0 Å². The fraction of sp³-hybridized carbons (Fsp3) is 0.154. The second kappa shape index (κ2) is 4.91. The molecule has 2 aromatic rings. The molecule has 0 aliphatic carbocycles. The highest BCUT2D eigenvalue weighted by Crippen LogP contribution is 2.16. The Hall–Kier alpha value is -2.30. The van der Waals surface area contributed by atoms with Gasteiger partial charge >= 0.3 is 5.97 Å². The summed E-state index contributed by atoms with van der Waals surface area (Å²) in [5.74, 6) is -0.347. The molecule has 4 nitrogen and oxygen atoms in total. The Morgan fingerprint density at radius 3 is 2.50 bits per heavy atom. The molecular weight excluding hydrogens is 235 g/mol. The standard InChI is InChI=1S/C13H11FN2O2/c1-8-11(13(17)18-2)7-15-12(16-8)9-3-5-10(14)6-4-9/h3-7H,1-2H3. The van der Waals surface area contributed by atoms with Gasteiger partial charge in [0.15, 0.2) is 5.82 Å². The van der Waals surface area contributed by atoms with Gasteiger partial charge in [-0.3, -0.25) is 0 Å². The monoisotopic (exact) mass is 246 g/mol. The molecular formula is C13H11FN2O2. The third kappa shape index (κ3) is 2.34. The van der Waals surface area contributed by atoms with Crippen LogP contribution in [0.25, 0.3) is 11.4 Å². The van der Waals surface area contributed by atoms with Gasteiger partial charge in [-0.15, -0.1) is 0 Å². The lowest BCUT2D eigenvalue weighted by molar-refractivity contribution is 0.0599. The first-order chi connectivity index (χ1) is 8.61. The summed E-state index contributed by atoms with van der Waals surface area (Å²) in [6, 6.07) is 5.84. The molecule has 0 radical (unpaired) electrons. The number of rotatable bonds is 2. The Balaban J connectivity index is 2.40. The van der Waals surface area contributed by atoms with Crippen molar-refractivity contribution in [3.63, 3.8) is 0 Å². The van der Waals surface area contributed by atoms with Crippen molar-refractivity contribution in [1.29, 1.82) is 0 Å². The van der Waals surface area contributed by atoms with E-state index >= 15 is 0 Å². The van der Waals surface area contributed by atoms with Crippen LogP contribution in [0, 0.1) is 12.7 Å². The Morgan fingerprint density at radius 2 is 1.94 bits per heavy atom. The highest BCUT2D eigenvalue weighted by atomic mass is 19.1. The molecule has 2 rings (SSSR count). The molecule has 0 aliphatic rings. The van der Waals surface area contributed by atoms with Gasteiger partial charge in [0.25, 0.3) is 0 Å². The predicted octanol–water partition coefficient (Wildman–Crippen LogP) is 2.38. The van der Waals surface area contributed by atoms with Gasteiger partial charge in [-0.2, -0.15) is 0 Å². The largest absolute Gasteiger partial charge is 0.465 e. The third-order valence-corrected chi connectivity index (χ3v) is 2.49. The van der Waals surface area contributed by atoms with Gasteiger partial charge in [0, 0.05) is 11.8 Å². The second-order valence-electron chi connectivity index (χ2n) is 3.69. The van der Waals surface area contributed by atoms with Crippen molar-refractivity contribution in [3.05, 3.63) is 47.5 Å². The number of methoxy groups -OCH3 is 1. The topological polar surface area (TPSA) is 52.1 Å². The lowest BCUT2D eigenvalue weighted by Crippen LogP contribution is -2.07. The molecule has 1 aromatic carbocycles. The number of carbonyl (C=O) groups excluding carboxylic acids is 1. The molecule has 18 heavy (non-hydrogen) atoms. The molecule has 0 aliphatic heterocycles. The van der Waals surface area contributed by atoms with E-state index in [4.69, 9.17) is 0 Å². The average Bonchev–Trinajstić information content (AvgIpc) is 2.38. The van der Waals surface area contributed by atoms with E-state index in [0.717, 1.165) is 0 Å². The van der Waals surface area contributed by atoms with E-state index in [9.17, 15) is 9.18 Å². The smallest absolute Gasteiger partial charge is 0.341 e. The van der Waals surface area contributed by atoms with E-state index in [-0.39, 0.29) is 5.82 Å². The van der Waals surface area contributed by atoms with Gasteiger partial charge in [-0.05, 0) is 31.2 Å². The highest BCUT2D eigenvalue weighted by molar-refractivity contribution is 5.90. The van der Waals surface area contributed by atoms with Crippen LogP contribution in [0.2, 0.25) is 0 Å². The number of aromatic nitrogens is 2. The van der Waals surface area contributed by atoms with Gasteiger partial charge in [0.1, 0.15) is 5.82 Å². The van der Waals surface area contributed by atoms with E-state index in [1.165, 1.54) is 25.4 Å². The maximum absolute atomic E-state index is 12.8. The molecule has 5 heteroatoms. The molecule has 0 amide bonds. The molecule has 0 bridgehead atoms. The van der Waals surface area contributed by atoms with Crippen molar-refractivity contribution in [2.45, 2.75) is 6.92 Å². The highest BCUT2D eigenvalue weighted by Gasteiger charge is 2.12. The molecule has 1 heterocycles. The number of esters is 1. The SMILES string of the molecule is COC(=O)c1cnc(-c2ccc(F)cc2)nc1C. The fourth-order valence-corrected chi connectivity index (χ4v) is 1.52. The lowest BCUT2D eigenvalue weighted by Gasteiger charge is -2.05. The van der Waals surface area contributed by atoms with Crippen molar-refractivity contribution in [2.75, 3.05) is 7.11 Å². The summed E-state index contributed by atoms with van der Waals surface area (Å²) >= 11 is 0. The molecule has 0 fully saturated rings. The third-order valence-electron chi connectivity index (χ3n) is 2.49. The molecule has 0 atom stereocenters. The lowest BCUT2D eigenvalue weighted by atomic mass is 10.2. The summed E-state index contributed by atoms with van der Waals surface area (Å²) in [4.78, 5) is 19.7. The van der Waals surface area contributed by atoms with Crippen LogP contribution in [0.5, 0.6) is 0 Å². The van der Waals surface area contributed by atoms with Crippen LogP contribution in [-0.4, -0.2) is 23.0 Å². The van der Waals surface area contributed by atoms with Gasteiger partial charge in [0.2, 0.25) is 0 Å². The van der Waals surface area contributed by atoms with E-state index in [0.29, 0.717) is 22.6 Å². The van der Waals surface area contributed by atoms with Crippen LogP contribution < -0.4 is 0 Å². The summed E-state index contributed by atoms with van der Waals surface area (Å²) in [5, 5.41) is 0. The van der Waals surface area contributed by atoms with Crippen molar-refractivity contribution in [1.82, 2.24) is 9.97 Å². The summed E-state index contributed by atoms with van der Waals surface area (Å²) in [7, 11) is 1.30. The number of aryl methyl sites for hydroxylation is 1. The maximum atomic E-state index is 12.8. The van der Waals surface area contributed by atoms with Crippen LogP contribution in [0.3, 0.4) is 0 Å². The zero-order valence-corrected chi connectivity index (χ0v) is 9.98. The Labute approximate surface area is 103 Å². The molecule has 0 unspecified atom stereocenters. The van der Waals surface area contributed by atoms with Crippen LogP contribution in [0.15, 0.2) is 30.5 Å². The van der Waals surface area contributed by atoms with Crippen LogP contribution in [0.4, 0.5) is 4.39 Å². The number of benzene rings is 1. The minimum absolute atomic E-state index is 0.318. The van der Waals surface area contributed by atoms with Crippen molar-refractivity contribution in [2.24, 2.45) is 0 Å². The number of carbonyl (C=O) groups is 1. The number of nitrogens with zero attached hydrogens (tertiary/aromatic N) is 2. The first kappa shape index (κ1) is 12.2. The molecule has 92 valence electrons. The predicted molar refractivity (Wildman–Crippen MR) is 63.5 cm³/mol. The van der Waals surface area contributed by atoms with Crippen LogP contribution in [0.1, 0.15) is 16.1 Å². The van der Waals surface area contributed by atoms with Crippen molar-refractivity contribution < 1.29 is 13.9 Å². The first-order valence-electron chi connectivity index (χ1n) is 5.29. The van der Waals surface area contributed by atoms with Crippen molar-refractivity contribution in [3.8, 4) is 11.4 Å². The number of ether oxygens (including phenoxy) is 1. The molecule has 0 saturated carbocycles. The Bertz CT molecular complexity index is 582. The zero-order chi connectivity index (χ0) is 13.1. The van der Waals surface area contributed by atoms with E-state index in [2.05, 4.69) is 14.7 Å². The van der Waals surface area contributed by atoms with E-state index in [1.54, 1.807) is 19.1 Å². The summed E-state index contributed by atoms with van der Waals surface area (Å²) in [6.45, 7) is 1.70. The maximum Gasteiger partial charge on any atom is 0.341 e. The van der Waals surface area contributed by atoms with Gasteiger partial charge in [-0.25, -0.2) is 19.2 Å². The number of halogens is 1. The van der Waals surface area contributed by atoms with Crippen LogP contribution >= 0.6 is 0 Å². The first-order valence-corrected chi connectivity index (χ1v) is 5.29.